The van der Waals surface area contributed by atoms with Gasteiger partial charge in [0.1, 0.15) is 0 Å². The molecule has 0 aliphatic carbocycles. The first-order chi connectivity index (χ1) is 8.22. The molecule has 0 saturated carbocycles. The highest BCUT2D eigenvalue weighted by molar-refractivity contribution is 7.99. The van der Waals surface area contributed by atoms with E-state index in [4.69, 9.17) is 23.2 Å². The minimum Gasteiger partial charge on any atom is -0.298 e. The lowest BCUT2D eigenvalue weighted by Gasteiger charge is -2.07. The first-order valence-corrected chi connectivity index (χ1v) is 6.45. The fourth-order valence-electron chi connectivity index (χ4n) is 1.37. The third-order valence-electron chi connectivity index (χ3n) is 2.19. The molecule has 17 heavy (non-hydrogen) atoms. The summed E-state index contributed by atoms with van der Waals surface area (Å²) in [6.45, 7) is 0. The van der Waals surface area contributed by atoms with Crippen molar-refractivity contribution < 1.29 is 4.79 Å². The molecule has 2 aromatic carbocycles. The summed E-state index contributed by atoms with van der Waals surface area (Å²) in [4.78, 5) is 12.7. The summed E-state index contributed by atoms with van der Waals surface area (Å²) in [7, 11) is 0. The van der Waals surface area contributed by atoms with Gasteiger partial charge in [-0.3, -0.25) is 4.79 Å². The number of rotatable bonds is 3. The Morgan fingerprint density at radius 2 is 1.53 bits per heavy atom. The van der Waals surface area contributed by atoms with Crippen LogP contribution < -0.4 is 0 Å². The SMILES string of the molecule is O=Cc1c(Cl)cccc1Sc1ccccc1Cl. The predicted molar refractivity (Wildman–Crippen MR) is 72.4 cm³/mol. The summed E-state index contributed by atoms with van der Waals surface area (Å²) in [5.41, 5.74) is 0.499. The fraction of sp³-hybridized carbons (Fsp3) is 0. The van der Waals surface area contributed by atoms with E-state index in [0.717, 1.165) is 16.1 Å². The molecular formula is C13H8Cl2OS. The van der Waals surface area contributed by atoms with E-state index in [0.29, 0.717) is 15.6 Å². The molecule has 0 bridgehead atoms. The molecule has 0 heterocycles. The van der Waals surface area contributed by atoms with Gasteiger partial charge in [-0.1, -0.05) is 53.2 Å². The first kappa shape index (κ1) is 12.5. The molecule has 1 nitrogen and oxygen atoms in total. The topological polar surface area (TPSA) is 17.1 Å². The Hall–Kier alpha value is -0.960. The summed E-state index contributed by atoms with van der Waals surface area (Å²) in [5, 5.41) is 1.12. The van der Waals surface area contributed by atoms with Crippen LogP contribution in [0.25, 0.3) is 0 Å². The van der Waals surface area contributed by atoms with Crippen molar-refractivity contribution in [3.8, 4) is 0 Å². The summed E-state index contributed by atoms with van der Waals surface area (Å²) in [6, 6.07) is 12.8. The molecule has 0 aromatic heterocycles. The lowest BCUT2D eigenvalue weighted by atomic mass is 10.2. The molecule has 0 spiro atoms. The molecule has 0 aliphatic rings. The van der Waals surface area contributed by atoms with Crippen LogP contribution in [-0.2, 0) is 0 Å². The molecule has 86 valence electrons. The van der Waals surface area contributed by atoms with E-state index in [2.05, 4.69) is 0 Å². The monoisotopic (exact) mass is 282 g/mol. The Morgan fingerprint density at radius 1 is 0.882 bits per heavy atom. The number of aldehydes is 1. The molecule has 0 unspecified atom stereocenters. The second kappa shape index (κ2) is 5.58. The first-order valence-electron chi connectivity index (χ1n) is 4.88. The molecular weight excluding hydrogens is 275 g/mol. The number of hydrogen-bond donors (Lipinski definition) is 0. The van der Waals surface area contributed by atoms with Gasteiger partial charge in [0.05, 0.1) is 10.0 Å². The molecule has 2 rings (SSSR count). The van der Waals surface area contributed by atoms with Crippen LogP contribution in [-0.4, -0.2) is 6.29 Å². The fourth-order valence-corrected chi connectivity index (χ4v) is 2.86. The van der Waals surface area contributed by atoms with Crippen molar-refractivity contribution in [2.45, 2.75) is 9.79 Å². The molecule has 2 aromatic rings. The van der Waals surface area contributed by atoms with Gasteiger partial charge in [0.2, 0.25) is 0 Å². The highest BCUT2D eigenvalue weighted by atomic mass is 35.5. The standard InChI is InChI=1S/C13H8Cl2OS/c14-10-5-3-7-12(9(10)8-16)17-13-6-2-1-4-11(13)15/h1-8H. The molecule has 0 amide bonds. The lowest BCUT2D eigenvalue weighted by Crippen LogP contribution is -1.86. The zero-order valence-corrected chi connectivity index (χ0v) is 11.0. The van der Waals surface area contributed by atoms with E-state index in [1.807, 2.05) is 36.4 Å². The van der Waals surface area contributed by atoms with E-state index in [1.54, 1.807) is 6.07 Å². The smallest absolute Gasteiger partial charge is 0.152 e. The Balaban J connectivity index is 2.40. The predicted octanol–water partition coefficient (Wildman–Crippen LogP) is 4.96. The lowest BCUT2D eigenvalue weighted by molar-refractivity contribution is 0.112. The largest absolute Gasteiger partial charge is 0.298 e. The van der Waals surface area contributed by atoms with E-state index < -0.39 is 0 Å². The normalized spacial score (nSPS) is 10.2. The molecule has 0 N–H and O–H groups in total. The van der Waals surface area contributed by atoms with Crippen LogP contribution in [0.4, 0.5) is 0 Å². The summed E-state index contributed by atoms with van der Waals surface area (Å²) in [5.74, 6) is 0. The molecule has 0 saturated heterocycles. The van der Waals surface area contributed by atoms with Gasteiger partial charge in [0, 0.05) is 15.4 Å². The molecule has 0 radical (unpaired) electrons. The second-order valence-corrected chi connectivity index (χ2v) is 5.20. The van der Waals surface area contributed by atoms with Crippen LogP contribution in [0.1, 0.15) is 10.4 Å². The highest BCUT2D eigenvalue weighted by Gasteiger charge is 2.09. The van der Waals surface area contributed by atoms with E-state index >= 15 is 0 Å². The maximum absolute atomic E-state index is 11.0. The van der Waals surface area contributed by atoms with E-state index in [-0.39, 0.29) is 0 Å². The van der Waals surface area contributed by atoms with Crippen molar-refractivity contribution in [2.75, 3.05) is 0 Å². The maximum Gasteiger partial charge on any atom is 0.152 e. The van der Waals surface area contributed by atoms with Crippen LogP contribution in [0.2, 0.25) is 10.0 Å². The summed E-state index contributed by atoms with van der Waals surface area (Å²) in [6.07, 6.45) is 0.765. The van der Waals surface area contributed by atoms with Crippen LogP contribution in [0, 0.1) is 0 Å². The number of carbonyl (C=O) groups is 1. The maximum atomic E-state index is 11.0. The minimum atomic E-state index is 0.456. The van der Waals surface area contributed by atoms with Crippen molar-refractivity contribution in [1.82, 2.24) is 0 Å². The van der Waals surface area contributed by atoms with Crippen LogP contribution >= 0.6 is 35.0 Å². The third kappa shape index (κ3) is 2.83. The zero-order valence-electron chi connectivity index (χ0n) is 8.69. The van der Waals surface area contributed by atoms with Crippen molar-refractivity contribution >= 4 is 41.2 Å². The second-order valence-electron chi connectivity index (χ2n) is 3.30. The molecule has 0 aliphatic heterocycles. The quantitative estimate of drug-likeness (QED) is 0.741. The van der Waals surface area contributed by atoms with Gasteiger partial charge in [-0.2, -0.15) is 0 Å². The Kier molecular flexibility index (Phi) is 4.11. The van der Waals surface area contributed by atoms with Crippen molar-refractivity contribution in [3.05, 3.63) is 58.1 Å². The molecule has 4 heteroatoms. The average Bonchev–Trinajstić information content (AvgIpc) is 2.32. The van der Waals surface area contributed by atoms with E-state index in [9.17, 15) is 4.79 Å². The van der Waals surface area contributed by atoms with Gasteiger partial charge in [-0.15, -0.1) is 0 Å². The number of carbonyl (C=O) groups excluding carboxylic acids is 1. The minimum absolute atomic E-state index is 0.456. The average molecular weight is 283 g/mol. The van der Waals surface area contributed by atoms with Crippen molar-refractivity contribution in [3.63, 3.8) is 0 Å². The zero-order chi connectivity index (χ0) is 12.3. The van der Waals surface area contributed by atoms with Crippen LogP contribution in [0.15, 0.2) is 52.3 Å². The Bertz CT molecular complexity index is 555. The molecule has 0 fully saturated rings. The Morgan fingerprint density at radius 3 is 2.24 bits per heavy atom. The Labute approximate surface area is 114 Å². The van der Waals surface area contributed by atoms with Crippen molar-refractivity contribution in [1.29, 1.82) is 0 Å². The number of hydrogen-bond acceptors (Lipinski definition) is 2. The third-order valence-corrected chi connectivity index (χ3v) is 4.11. The summed E-state index contributed by atoms with van der Waals surface area (Å²) >= 11 is 13.5. The number of halogens is 2. The summed E-state index contributed by atoms with van der Waals surface area (Å²) < 4.78 is 0. The highest BCUT2D eigenvalue weighted by Crippen LogP contribution is 2.36. The van der Waals surface area contributed by atoms with Gasteiger partial charge in [0.25, 0.3) is 0 Å². The number of benzene rings is 2. The van der Waals surface area contributed by atoms with Gasteiger partial charge < -0.3 is 0 Å². The van der Waals surface area contributed by atoms with Crippen LogP contribution in [0.3, 0.4) is 0 Å². The molecule has 0 atom stereocenters. The van der Waals surface area contributed by atoms with E-state index in [1.165, 1.54) is 11.8 Å². The van der Waals surface area contributed by atoms with Crippen molar-refractivity contribution in [2.24, 2.45) is 0 Å². The van der Waals surface area contributed by atoms with Gasteiger partial charge in [-0.25, -0.2) is 0 Å². The van der Waals surface area contributed by atoms with Gasteiger partial charge in [-0.05, 0) is 24.3 Å². The van der Waals surface area contributed by atoms with Gasteiger partial charge >= 0.3 is 0 Å². The van der Waals surface area contributed by atoms with Crippen LogP contribution in [0.5, 0.6) is 0 Å². The van der Waals surface area contributed by atoms with Gasteiger partial charge in [0.15, 0.2) is 6.29 Å².